The van der Waals surface area contributed by atoms with Crippen LogP contribution in [0.5, 0.6) is 5.75 Å². The number of nitrogens with zero attached hydrogens (tertiary/aromatic N) is 3. The van der Waals surface area contributed by atoms with Crippen LogP contribution in [0.4, 0.5) is 5.69 Å². The molecule has 0 aliphatic rings. The zero-order chi connectivity index (χ0) is 21.1. The van der Waals surface area contributed by atoms with Crippen molar-refractivity contribution in [2.45, 2.75) is 27.2 Å². The van der Waals surface area contributed by atoms with E-state index in [9.17, 15) is 4.79 Å². The predicted octanol–water partition coefficient (Wildman–Crippen LogP) is 4.62. The minimum atomic E-state index is -0.224. The van der Waals surface area contributed by atoms with Crippen molar-refractivity contribution in [3.05, 3.63) is 77.4 Å². The van der Waals surface area contributed by atoms with Gasteiger partial charge in [-0.2, -0.15) is 4.80 Å². The number of amides is 1. The summed E-state index contributed by atoms with van der Waals surface area (Å²) in [4.78, 5) is 13.9. The van der Waals surface area contributed by atoms with Gasteiger partial charge >= 0.3 is 0 Å². The minimum Gasteiger partial charge on any atom is -0.483 e. The molecule has 0 bridgehead atoms. The fourth-order valence-corrected chi connectivity index (χ4v) is 3.19. The molecule has 4 rings (SSSR count). The number of aromatic nitrogens is 3. The highest BCUT2D eigenvalue weighted by Crippen LogP contribution is 2.21. The highest BCUT2D eigenvalue weighted by molar-refractivity contribution is 5.93. The molecule has 1 amide bonds. The van der Waals surface area contributed by atoms with Gasteiger partial charge in [-0.1, -0.05) is 31.2 Å². The number of hydrogen-bond donors (Lipinski definition) is 1. The molecule has 0 atom stereocenters. The Bertz CT molecular complexity index is 1200. The van der Waals surface area contributed by atoms with Gasteiger partial charge in [0.1, 0.15) is 16.8 Å². The predicted molar refractivity (Wildman–Crippen MR) is 118 cm³/mol. The molecule has 152 valence electrons. The summed E-state index contributed by atoms with van der Waals surface area (Å²) in [7, 11) is 0. The molecule has 4 aromatic rings. The van der Waals surface area contributed by atoms with Crippen LogP contribution in [0.25, 0.3) is 16.7 Å². The normalized spacial score (nSPS) is 10.9. The van der Waals surface area contributed by atoms with Gasteiger partial charge in [0.15, 0.2) is 6.61 Å². The second-order valence-electron chi connectivity index (χ2n) is 7.25. The van der Waals surface area contributed by atoms with Crippen molar-refractivity contribution in [1.82, 2.24) is 15.0 Å². The summed E-state index contributed by atoms with van der Waals surface area (Å²) >= 11 is 0. The number of hydrogen-bond acceptors (Lipinski definition) is 4. The maximum Gasteiger partial charge on any atom is 0.262 e. The smallest absolute Gasteiger partial charge is 0.262 e. The average Bonchev–Trinajstić information content (AvgIpc) is 3.18. The van der Waals surface area contributed by atoms with Crippen LogP contribution in [0.1, 0.15) is 23.6 Å². The van der Waals surface area contributed by atoms with Gasteiger partial charge in [0.05, 0.1) is 5.69 Å². The van der Waals surface area contributed by atoms with E-state index in [1.165, 1.54) is 5.56 Å². The summed E-state index contributed by atoms with van der Waals surface area (Å²) in [6, 6.07) is 19.4. The zero-order valence-electron chi connectivity index (χ0n) is 17.3. The van der Waals surface area contributed by atoms with Gasteiger partial charge in [0.25, 0.3) is 5.91 Å². The lowest BCUT2D eigenvalue weighted by Crippen LogP contribution is -2.20. The Kier molecular flexibility index (Phi) is 5.48. The Morgan fingerprint density at radius 2 is 1.77 bits per heavy atom. The molecule has 6 heteroatoms. The Morgan fingerprint density at radius 1 is 1.00 bits per heavy atom. The number of benzene rings is 3. The number of rotatable bonds is 6. The molecule has 1 heterocycles. The lowest BCUT2D eigenvalue weighted by molar-refractivity contribution is -0.118. The van der Waals surface area contributed by atoms with Gasteiger partial charge in [-0.3, -0.25) is 4.79 Å². The largest absolute Gasteiger partial charge is 0.483 e. The van der Waals surface area contributed by atoms with E-state index in [4.69, 9.17) is 4.74 Å². The van der Waals surface area contributed by atoms with Crippen LogP contribution in [0.15, 0.2) is 60.7 Å². The molecule has 6 nitrogen and oxygen atoms in total. The Morgan fingerprint density at radius 3 is 2.53 bits per heavy atom. The molecule has 0 aliphatic heterocycles. The van der Waals surface area contributed by atoms with E-state index in [0.29, 0.717) is 11.2 Å². The SMILES string of the molecule is CCc1ccc(-n2nc3ccc(NC(=O)COc4cccc(C)c4C)cc3n2)cc1. The van der Waals surface area contributed by atoms with Gasteiger partial charge in [-0.15, -0.1) is 10.2 Å². The van der Waals surface area contributed by atoms with E-state index in [0.717, 1.165) is 34.5 Å². The first-order chi connectivity index (χ1) is 14.5. The van der Waals surface area contributed by atoms with Gasteiger partial charge < -0.3 is 10.1 Å². The van der Waals surface area contributed by atoms with Crippen molar-refractivity contribution in [3.63, 3.8) is 0 Å². The second kappa shape index (κ2) is 8.37. The number of anilines is 1. The minimum absolute atomic E-state index is 0.0567. The molecule has 1 N–H and O–H groups in total. The molecular formula is C24H24N4O2. The first-order valence-electron chi connectivity index (χ1n) is 9.99. The van der Waals surface area contributed by atoms with Crippen LogP contribution < -0.4 is 10.1 Å². The van der Waals surface area contributed by atoms with E-state index in [1.807, 2.05) is 62.4 Å². The highest BCUT2D eigenvalue weighted by atomic mass is 16.5. The summed E-state index contributed by atoms with van der Waals surface area (Å²) in [5.41, 5.74) is 6.47. The van der Waals surface area contributed by atoms with E-state index in [-0.39, 0.29) is 12.5 Å². The van der Waals surface area contributed by atoms with Crippen molar-refractivity contribution in [2.75, 3.05) is 11.9 Å². The molecule has 30 heavy (non-hydrogen) atoms. The number of nitrogens with one attached hydrogen (secondary N) is 1. The van der Waals surface area contributed by atoms with Crippen molar-refractivity contribution in [1.29, 1.82) is 0 Å². The van der Waals surface area contributed by atoms with Crippen LogP contribution in [0.3, 0.4) is 0 Å². The standard InChI is InChI=1S/C24H24N4O2/c1-4-18-8-11-20(12-9-18)28-26-21-13-10-19(14-22(21)27-28)25-24(29)15-30-23-7-5-6-16(2)17(23)3/h5-14H,4,15H2,1-3H3,(H,25,29). The molecule has 0 radical (unpaired) electrons. The quantitative estimate of drug-likeness (QED) is 0.513. The monoisotopic (exact) mass is 400 g/mol. The van der Waals surface area contributed by atoms with Gasteiger partial charge in [0.2, 0.25) is 0 Å². The van der Waals surface area contributed by atoms with Gasteiger partial charge in [0, 0.05) is 5.69 Å². The molecular weight excluding hydrogens is 376 g/mol. The number of aryl methyl sites for hydroxylation is 2. The van der Waals surface area contributed by atoms with E-state index in [2.05, 4.69) is 34.6 Å². The van der Waals surface area contributed by atoms with E-state index >= 15 is 0 Å². The van der Waals surface area contributed by atoms with Crippen LogP contribution in [-0.2, 0) is 11.2 Å². The highest BCUT2D eigenvalue weighted by Gasteiger charge is 2.09. The third-order valence-electron chi connectivity index (χ3n) is 5.15. The Hall–Kier alpha value is -3.67. The summed E-state index contributed by atoms with van der Waals surface area (Å²) in [5, 5.41) is 11.9. The molecule has 0 fully saturated rings. The summed E-state index contributed by atoms with van der Waals surface area (Å²) < 4.78 is 5.68. The van der Waals surface area contributed by atoms with E-state index < -0.39 is 0 Å². The van der Waals surface area contributed by atoms with Crippen molar-refractivity contribution in [3.8, 4) is 11.4 Å². The van der Waals surface area contributed by atoms with E-state index in [1.54, 1.807) is 4.80 Å². The molecule has 3 aromatic carbocycles. The fraction of sp³-hybridized carbons (Fsp3) is 0.208. The molecule has 0 saturated carbocycles. The average molecular weight is 400 g/mol. The first-order valence-corrected chi connectivity index (χ1v) is 9.99. The Balaban J connectivity index is 1.45. The molecule has 0 unspecified atom stereocenters. The molecule has 1 aromatic heterocycles. The van der Waals surface area contributed by atoms with Crippen LogP contribution >= 0.6 is 0 Å². The summed E-state index contributed by atoms with van der Waals surface area (Å²) in [6.07, 6.45) is 0.991. The first kappa shape index (κ1) is 19.6. The van der Waals surface area contributed by atoms with Gasteiger partial charge in [-0.05, 0) is 73.4 Å². The third-order valence-corrected chi connectivity index (χ3v) is 5.15. The fourth-order valence-electron chi connectivity index (χ4n) is 3.19. The van der Waals surface area contributed by atoms with Gasteiger partial charge in [-0.25, -0.2) is 0 Å². The molecule has 0 spiro atoms. The van der Waals surface area contributed by atoms with Crippen molar-refractivity contribution in [2.24, 2.45) is 0 Å². The molecule has 0 aliphatic carbocycles. The summed E-state index contributed by atoms with van der Waals surface area (Å²) in [6.45, 7) is 6.07. The maximum absolute atomic E-state index is 12.3. The second-order valence-corrected chi connectivity index (χ2v) is 7.25. The number of carbonyl (C=O) groups excluding carboxylic acids is 1. The van der Waals surface area contributed by atoms with Crippen molar-refractivity contribution < 1.29 is 9.53 Å². The third kappa shape index (κ3) is 4.17. The van der Waals surface area contributed by atoms with Crippen molar-refractivity contribution >= 4 is 22.6 Å². The number of carbonyl (C=O) groups is 1. The maximum atomic E-state index is 12.3. The number of ether oxygens (including phenoxy) is 1. The lowest BCUT2D eigenvalue weighted by Gasteiger charge is -2.11. The Labute approximate surface area is 175 Å². The van der Waals surface area contributed by atoms with Crippen LogP contribution in [0, 0.1) is 13.8 Å². The van der Waals surface area contributed by atoms with Crippen LogP contribution in [-0.4, -0.2) is 27.5 Å². The summed E-state index contributed by atoms with van der Waals surface area (Å²) in [5.74, 6) is 0.496. The number of fused-ring (bicyclic) bond motifs is 1. The molecule has 0 saturated heterocycles. The topological polar surface area (TPSA) is 69.0 Å². The van der Waals surface area contributed by atoms with Crippen LogP contribution in [0.2, 0.25) is 0 Å². The zero-order valence-corrected chi connectivity index (χ0v) is 17.3. The lowest BCUT2D eigenvalue weighted by atomic mass is 10.1.